The number of amides is 1. The highest BCUT2D eigenvalue weighted by Gasteiger charge is 2.29. The minimum absolute atomic E-state index is 0.0381. The number of hydrogen-bond acceptors (Lipinski definition) is 7. The Morgan fingerprint density at radius 2 is 2.11 bits per heavy atom. The number of nitrogens with one attached hydrogen (secondary N) is 1. The molecule has 1 fully saturated rings. The Morgan fingerprint density at radius 3 is 2.71 bits per heavy atom. The highest BCUT2D eigenvalue weighted by Crippen LogP contribution is 2.18. The minimum Gasteiger partial charge on any atom is -0.451 e. The summed E-state index contributed by atoms with van der Waals surface area (Å²) in [5.74, 6) is -1.12. The molecule has 2 aromatic rings. The van der Waals surface area contributed by atoms with Crippen LogP contribution in [0, 0.1) is 13.8 Å². The van der Waals surface area contributed by atoms with Crippen LogP contribution in [0.1, 0.15) is 28.3 Å². The van der Waals surface area contributed by atoms with Gasteiger partial charge in [-0.25, -0.2) is 22.9 Å². The number of rotatable bonds is 5. The van der Waals surface area contributed by atoms with Gasteiger partial charge in [-0.05, 0) is 38.5 Å². The van der Waals surface area contributed by atoms with E-state index in [4.69, 9.17) is 16.3 Å². The summed E-state index contributed by atoms with van der Waals surface area (Å²) in [6.07, 6.45) is 0.347. The number of carbonyl (C=O) groups is 2. The first-order chi connectivity index (χ1) is 13.1. The van der Waals surface area contributed by atoms with Gasteiger partial charge in [-0.15, -0.1) is 0 Å². The van der Waals surface area contributed by atoms with Crippen molar-refractivity contribution in [3.8, 4) is 5.82 Å². The molecule has 0 radical (unpaired) electrons. The second-order valence-corrected chi connectivity index (χ2v) is 9.22. The van der Waals surface area contributed by atoms with Gasteiger partial charge in [0.05, 0.1) is 22.2 Å². The average molecular weight is 427 g/mol. The third kappa shape index (κ3) is 4.68. The van der Waals surface area contributed by atoms with E-state index >= 15 is 0 Å². The van der Waals surface area contributed by atoms with Crippen molar-refractivity contribution in [2.24, 2.45) is 0 Å². The Bertz CT molecular complexity index is 1030. The number of pyridine rings is 1. The zero-order valence-corrected chi connectivity index (χ0v) is 16.9. The summed E-state index contributed by atoms with van der Waals surface area (Å²) in [6.45, 7) is 3.13. The van der Waals surface area contributed by atoms with Crippen LogP contribution in [0.5, 0.6) is 0 Å². The van der Waals surface area contributed by atoms with Gasteiger partial charge < -0.3 is 10.1 Å². The molecule has 1 amide bonds. The van der Waals surface area contributed by atoms with Crippen molar-refractivity contribution >= 4 is 33.3 Å². The van der Waals surface area contributed by atoms with Crippen molar-refractivity contribution < 1.29 is 22.7 Å². The van der Waals surface area contributed by atoms with E-state index in [9.17, 15) is 18.0 Å². The number of carbonyl (C=O) groups excluding carboxylic acids is 2. The Balaban J connectivity index is 1.65. The maximum absolute atomic E-state index is 12.3. The van der Waals surface area contributed by atoms with Gasteiger partial charge in [-0.1, -0.05) is 11.6 Å². The number of hydrogen-bond donors (Lipinski definition) is 1. The summed E-state index contributed by atoms with van der Waals surface area (Å²) >= 11 is 6.05. The lowest BCUT2D eigenvalue weighted by molar-refractivity contribution is -0.124. The fourth-order valence-electron chi connectivity index (χ4n) is 2.93. The molecule has 11 heteroatoms. The SMILES string of the molecule is Cc1cc(C)n(-c2ccc(Cl)c(C(=O)OCC(=O)NC3CCS(=O)(=O)C3)n2)n1. The van der Waals surface area contributed by atoms with E-state index in [-0.39, 0.29) is 22.2 Å². The Kier molecular flexibility index (Phi) is 5.71. The normalized spacial score (nSPS) is 18.0. The van der Waals surface area contributed by atoms with Crippen molar-refractivity contribution in [1.82, 2.24) is 20.1 Å². The molecule has 1 aliphatic rings. The van der Waals surface area contributed by atoms with E-state index in [1.165, 1.54) is 6.07 Å². The monoisotopic (exact) mass is 426 g/mol. The maximum Gasteiger partial charge on any atom is 0.359 e. The molecule has 1 saturated heterocycles. The summed E-state index contributed by atoms with van der Waals surface area (Å²) in [4.78, 5) is 28.4. The van der Waals surface area contributed by atoms with Gasteiger partial charge >= 0.3 is 5.97 Å². The highest BCUT2D eigenvalue weighted by atomic mass is 35.5. The molecule has 28 heavy (non-hydrogen) atoms. The number of aromatic nitrogens is 3. The molecule has 1 unspecified atom stereocenters. The Hall–Kier alpha value is -2.46. The summed E-state index contributed by atoms with van der Waals surface area (Å²) in [5.41, 5.74) is 1.49. The lowest BCUT2D eigenvalue weighted by Crippen LogP contribution is -2.38. The smallest absolute Gasteiger partial charge is 0.359 e. The van der Waals surface area contributed by atoms with Crippen molar-refractivity contribution in [3.63, 3.8) is 0 Å². The zero-order valence-electron chi connectivity index (χ0n) is 15.3. The minimum atomic E-state index is -3.11. The van der Waals surface area contributed by atoms with Gasteiger partial charge in [0.15, 0.2) is 28.0 Å². The molecule has 3 rings (SSSR count). The molecule has 150 valence electrons. The Labute approximate surface area is 167 Å². The summed E-state index contributed by atoms with van der Waals surface area (Å²) in [6, 6.07) is 4.51. The molecule has 3 heterocycles. The van der Waals surface area contributed by atoms with Gasteiger partial charge in [0.2, 0.25) is 0 Å². The van der Waals surface area contributed by atoms with E-state index in [2.05, 4.69) is 15.4 Å². The largest absolute Gasteiger partial charge is 0.451 e. The third-order valence-electron chi connectivity index (χ3n) is 4.18. The first-order valence-electron chi connectivity index (χ1n) is 8.52. The van der Waals surface area contributed by atoms with Crippen LogP contribution in [0.25, 0.3) is 5.82 Å². The molecule has 0 aromatic carbocycles. The molecular weight excluding hydrogens is 408 g/mol. The number of aryl methyl sites for hydroxylation is 2. The maximum atomic E-state index is 12.3. The molecule has 9 nitrogen and oxygen atoms in total. The molecule has 0 bridgehead atoms. The third-order valence-corrected chi connectivity index (χ3v) is 6.26. The molecule has 2 aromatic heterocycles. The van der Waals surface area contributed by atoms with Crippen molar-refractivity contribution in [3.05, 3.63) is 40.3 Å². The van der Waals surface area contributed by atoms with Crippen LogP contribution in [0.3, 0.4) is 0 Å². The lowest BCUT2D eigenvalue weighted by Gasteiger charge is -2.11. The van der Waals surface area contributed by atoms with Crippen molar-refractivity contribution in [1.29, 1.82) is 0 Å². The van der Waals surface area contributed by atoms with Crippen molar-refractivity contribution in [2.45, 2.75) is 26.3 Å². The predicted octanol–water partition coefficient (Wildman–Crippen LogP) is 0.998. The van der Waals surface area contributed by atoms with E-state index in [0.29, 0.717) is 12.2 Å². The van der Waals surface area contributed by atoms with Crippen LogP contribution >= 0.6 is 11.6 Å². The van der Waals surface area contributed by atoms with E-state index in [1.807, 2.05) is 19.9 Å². The fourth-order valence-corrected chi connectivity index (χ4v) is 4.79. The average Bonchev–Trinajstić information content (AvgIpc) is 3.13. The molecule has 1 aliphatic heterocycles. The quantitative estimate of drug-likeness (QED) is 0.708. The van der Waals surface area contributed by atoms with Gasteiger partial charge in [-0.2, -0.15) is 5.10 Å². The fraction of sp³-hybridized carbons (Fsp3) is 0.412. The van der Waals surface area contributed by atoms with Crippen molar-refractivity contribution in [2.75, 3.05) is 18.1 Å². The van der Waals surface area contributed by atoms with Gasteiger partial charge in [-0.3, -0.25) is 4.79 Å². The van der Waals surface area contributed by atoms with Crippen LogP contribution in [0.2, 0.25) is 5.02 Å². The Morgan fingerprint density at radius 1 is 1.36 bits per heavy atom. The first-order valence-corrected chi connectivity index (χ1v) is 10.7. The number of sulfone groups is 1. The summed E-state index contributed by atoms with van der Waals surface area (Å²) in [5, 5.41) is 6.92. The van der Waals surface area contributed by atoms with Crippen LogP contribution in [-0.4, -0.2) is 59.2 Å². The number of halogens is 1. The van der Waals surface area contributed by atoms with E-state index in [0.717, 1.165) is 11.4 Å². The topological polar surface area (TPSA) is 120 Å². The standard InChI is InChI=1S/C17H19ClN4O5S/c1-10-7-11(2)22(21-10)14-4-3-13(18)16(20-14)17(24)27-8-15(23)19-12-5-6-28(25,26)9-12/h3-4,7,12H,5-6,8-9H2,1-2H3,(H,19,23). The van der Waals surface area contributed by atoms with Crippen LogP contribution < -0.4 is 5.32 Å². The van der Waals surface area contributed by atoms with E-state index in [1.54, 1.807) is 10.7 Å². The number of esters is 1. The van der Waals surface area contributed by atoms with Crippen LogP contribution in [0.15, 0.2) is 18.2 Å². The summed E-state index contributed by atoms with van der Waals surface area (Å²) < 4.78 is 29.4. The zero-order chi connectivity index (χ0) is 20.5. The van der Waals surface area contributed by atoms with Gasteiger partial charge in [0.1, 0.15) is 0 Å². The second-order valence-electron chi connectivity index (χ2n) is 6.58. The molecule has 1 N–H and O–H groups in total. The lowest BCUT2D eigenvalue weighted by atomic mass is 10.2. The molecular formula is C17H19ClN4O5S. The van der Waals surface area contributed by atoms with E-state index < -0.39 is 34.4 Å². The second kappa shape index (κ2) is 7.88. The number of nitrogens with zero attached hydrogens (tertiary/aromatic N) is 3. The molecule has 0 spiro atoms. The molecule has 1 atom stereocenters. The predicted molar refractivity (Wildman–Crippen MR) is 101 cm³/mol. The molecule has 0 aliphatic carbocycles. The highest BCUT2D eigenvalue weighted by molar-refractivity contribution is 7.91. The molecule has 0 saturated carbocycles. The van der Waals surface area contributed by atoms with Gasteiger partial charge in [0, 0.05) is 11.7 Å². The van der Waals surface area contributed by atoms with Gasteiger partial charge in [0.25, 0.3) is 5.91 Å². The summed E-state index contributed by atoms with van der Waals surface area (Å²) in [7, 11) is -3.11. The first kappa shape index (κ1) is 20.3. The van der Waals surface area contributed by atoms with Crippen LogP contribution in [0.4, 0.5) is 0 Å². The van der Waals surface area contributed by atoms with Crippen LogP contribution in [-0.2, 0) is 19.4 Å². The number of ether oxygens (including phenoxy) is 1.